The number of carbonyl (C=O) groups is 1. The molecule has 1 amide bonds. The van der Waals surface area contributed by atoms with Crippen LogP contribution in [-0.2, 0) is 11.3 Å². The number of hydrogen-bond donors (Lipinski definition) is 3. The van der Waals surface area contributed by atoms with Crippen molar-refractivity contribution in [2.45, 2.75) is 26.3 Å². The molecule has 0 bridgehead atoms. The number of carbonyl (C=O) groups excluding carboxylic acids is 1. The zero-order valence-corrected chi connectivity index (χ0v) is 20.8. The fourth-order valence-electron chi connectivity index (χ4n) is 4.21. The number of furan rings is 1. The molecule has 0 radical (unpaired) electrons. The van der Waals surface area contributed by atoms with Gasteiger partial charge in [0.05, 0.1) is 31.3 Å². The summed E-state index contributed by atoms with van der Waals surface area (Å²) in [5.41, 5.74) is 8.84. The standard InChI is InChI=1S/C27H31N3O3.CH5N/c1-19-17-22(10-11-26(19)32-3)20(2)28-24-8-4-5-9-25(24)29-27(31)21-12-14-30(15-13-21)18-23-7-6-16-33-23;1-2/h4-11,16-17,21,28H,2,12-15,18H2,1,3H3,(H,29,31);2H2,1H3. The molecular weight excluding hydrogens is 440 g/mol. The van der Waals surface area contributed by atoms with Crippen LogP contribution < -0.4 is 21.1 Å². The van der Waals surface area contributed by atoms with E-state index in [0.717, 1.165) is 72.2 Å². The number of aryl methyl sites for hydroxylation is 1. The van der Waals surface area contributed by atoms with E-state index in [0.29, 0.717) is 0 Å². The Labute approximate surface area is 208 Å². The molecule has 0 spiro atoms. The Morgan fingerprint density at radius 3 is 2.37 bits per heavy atom. The first-order valence-corrected chi connectivity index (χ1v) is 11.9. The van der Waals surface area contributed by atoms with Crippen molar-refractivity contribution in [3.8, 4) is 5.75 Å². The highest BCUT2D eigenvalue weighted by atomic mass is 16.5. The summed E-state index contributed by atoms with van der Waals surface area (Å²) in [6.45, 7) is 8.75. The van der Waals surface area contributed by atoms with Crippen LogP contribution in [0, 0.1) is 12.8 Å². The third-order valence-corrected chi connectivity index (χ3v) is 6.13. The van der Waals surface area contributed by atoms with Crippen LogP contribution in [0.2, 0.25) is 0 Å². The number of ether oxygens (including phenoxy) is 1. The number of methoxy groups -OCH3 is 1. The van der Waals surface area contributed by atoms with E-state index < -0.39 is 0 Å². The Kier molecular flexibility index (Phi) is 9.52. The number of nitrogens with zero attached hydrogens (tertiary/aromatic N) is 1. The quantitative estimate of drug-likeness (QED) is 0.419. The van der Waals surface area contributed by atoms with Gasteiger partial charge >= 0.3 is 0 Å². The first-order valence-electron chi connectivity index (χ1n) is 11.9. The van der Waals surface area contributed by atoms with Crippen molar-refractivity contribution < 1.29 is 13.9 Å². The van der Waals surface area contributed by atoms with E-state index in [1.807, 2.05) is 61.5 Å². The van der Waals surface area contributed by atoms with Crippen LogP contribution in [-0.4, -0.2) is 38.1 Å². The molecule has 1 aliphatic heterocycles. The number of anilines is 2. The number of amides is 1. The van der Waals surface area contributed by atoms with Crippen molar-refractivity contribution in [2.75, 3.05) is 37.9 Å². The summed E-state index contributed by atoms with van der Waals surface area (Å²) in [5.74, 6) is 1.87. The van der Waals surface area contributed by atoms with Crippen molar-refractivity contribution in [3.63, 3.8) is 0 Å². The molecule has 4 N–H and O–H groups in total. The van der Waals surface area contributed by atoms with E-state index in [-0.39, 0.29) is 11.8 Å². The summed E-state index contributed by atoms with van der Waals surface area (Å²) in [7, 11) is 3.16. The number of piperidine rings is 1. The molecule has 1 saturated heterocycles. The second kappa shape index (κ2) is 12.8. The Morgan fingerprint density at radius 1 is 1.09 bits per heavy atom. The second-order valence-corrected chi connectivity index (χ2v) is 8.45. The largest absolute Gasteiger partial charge is 0.496 e. The van der Waals surface area contributed by atoms with E-state index in [4.69, 9.17) is 9.15 Å². The van der Waals surface area contributed by atoms with Crippen molar-refractivity contribution in [3.05, 3.63) is 84.3 Å². The molecule has 2 heterocycles. The number of para-hydroxylation sites is 2. The molecule has 2 aromatic carbocycles. The van der Waals surface area contributed by atoms with Crippen LogP contribution in [0.3, 0.4) is 0 Å². The van der Waals surface area contributed by atoms with Crippen LogP contribution in [0.15, 0.2) is 71.9 Å². The van der Waals surface area contributed by atoms with Crippen molar-refractivity contribution in [1.29, 1.82) is 0 Å². The van der Waals surface area contributed by atoms with Gasteiger partial charge in [0.2, 0.25) is 5.91 Å². The number of nitrogens with one attached hydrogen (secondary N) is 2. The van der Waals surface area contributed by atoms with Crippen molar-refractivity contribution in [1.82, 2.24) is 4.90 Å². The lowest BCUT2D eigenvalue weighted by Gasteiger charge is -2.30. The molecule has 35 heavy (non-hydrogen) atoms. The molecule has 1 fully saturated rings. The van der Waals surface area contributed by atoms with Gasteiger partial charge in [0, 0.05) is 11.6 Å². The summed E-state index contributed by atoms with van der Waals surface area (Å²) < 4.78 is 10.8. The van der Waals surface area contributed by atoms with Gasteiger partial charge in [-0.15, -0.1) is 0 Å². The zero-order chi connectivity index (χ0) is 25.2. The maximum absolute atomic E-state index is 13.0. The monoisotopic (exact) mass is 476 g/mol. The van der Waals surface area contributed by atoms with Gasteiger partial charge in [-0.25, -0.2) is 0 Å². The zero-order valence-electron chi connectivity index (χ0n) is 20.8. The molecule has 0 aliphatic carbocycles. The van der Waals surface area contributed by atoms with Crippen molar-refractivity contribution >= 4 is 23.0 Å². The number of rotatable bonds is 8. The molecule has 0 atom stereocenters. The van der Waals surface area contributed by atoms with Crippen LogP contribution in [0.1, 0.15) is 29.7 Å². The van der Waals surface area contributed by atoms with Crippen LogP contribution in [0.4, 0.5) is 11.4 Å². The van der Waals surface area contributed by atoms with Crippen LogP contribution in [0.25, 0.3) is 5.70 Å². The molecule has 0 saturated carbocycles. The summed E-state index contributed by atoms with van der Waals surface area (Å²) in [6, 6.07) is 17.6. The number of likely N-dealkylation sites (tertiary alicyclic amines) is 1. The molecular formula is C28H36N4O3. The average molecular weight is 477 g/mol. The molecule has 3 aromatic rings. The highest BCUT2D eigenvalue weighted by Crippen LogP contribution is 2.29. The molecule has 4 rings (SSSR count). The Balaban J connectivity index is 0.00000167. The lowest BCUT2D eigenvalue weighted by atomic mass is 9.95. The molecule has 0 unspecified atom stereocenters. The van der Waals surface area contributed by atoms with Crippen LogP contribution >= 0.6 is 0 Å². The normalized spacial score (nSPS) is 13.9. The summed E-state index contributed by atoms with van der Waals surface area (Å²) in [4.78, 5) is 15.3. The van der Waals surface area contributed by atoms with Gasteiger partial charge in [-0.3, -0.25) is 9.69 Å². The van der Waals surface area contributed by atoms with Gasteiger partial charge in [0.25, 0.3) is 0 Å². The highest BCUT2D eigenvalue weighted by Gasteiger charge is 2.26. The topological polar surface area (TPSA) is 92.8 Å². The first-order chi connectivity index (χ1) is 17.0. The fourth-order valence-corrected chi connectivity index (χ4v) is 4.21. The van der Waals surface area contributed by atoms with E-state index in [1.54, 1.807) is 13.4 Å². The Hall–Kier alpha value is -3.55. The first kappa shape index (κ1) is 26.1. The van der Waals surface area contributed by atoms with Gasteiger partial charge < -0.3 is 25.5 Å². The molecule has 1 aromatic heterocycles. The van der Waals surface area contributed by atoms with Gasteiger partial charge in [-0.05, 0) is 93.5 Å². The highest BCUT2D eigenvalue weighted by molar-refractivity contribution is 5.97. The number of benzene rings is 2. The van der Waals surface area contributed by atoms with Crippen molar-refractivity contribution in [2.24, 2.45) is 11.7 Å². The number of hydrogen-bond acceptors (Lipinski definition) is 6. The molecule has 1 aliphatic rings. The third-order valence-electron chi connectivity index (χ3n) is 6.13. The smallest absolute Gasteiger partial charge is 0.227 e. The summed E-state index contributed by atoms with van der Waals surface area (Å²) in [5, 5.41) is 6.49. The molecule has 7 heteroatoms. The van der Waals surface area contributed by atoms with Gasteiger partial charge in [-0.1, -0.05) is 18.7 Å². The van der Waals surface area contributed by atoms with Gasteiger partial charge in [0.1, 0.15) is 11.5 Å². The van der Waals surface area contributed by atoms with E-state index >= 15 is 0 Å². The minimum Gasteiger partial charge on any atom is -0.496 e. The fraction of sp³-hybridized carbons (Fsp3) is 0.321. The van der Waals surface area contributed by atoms with E-state index in [2.05, 4.69) is 27.8 Å². The Bertz CT molecular complexity index is 1100. The SMILES string of the molecule is C=C(Nc1ccccc1NC(=O)C1CCN(Cc2ccco2)CC1)c1ccc(OC)c(C)c1.CN. The predicted molar refractivity (Wildman–Crippen MR) is 142 cm³/mol. The second-order valence-electron chi connectivity index (χ2n) is 8.45. The maximum Gasteiger partial charge on any atom is 0.227 e. The van der Waals surface area contributed by atoms with Crippen LogP contribution in [0.5, 0.6) is 5.75 Å². The lowest BCUT2D eigenvalue weighted by molar-refractivity contribution is -0.121. The number of nitrogens with two attached hydrogens (primary N) is 1. The van der Waals surface area contributed by atoms with E-state index in [1.165, 1.54) is 7.05 Å². The molecule has 7 nitrogen and oxygen atoms in total. The average Bonchev–Trinajstić information content (AvgIpc) is 3.40. The van der Waals surface area contributed by atoms with E-state index in [9.17, 15) is 4.79 Å². The summed E-state index contributed by atoms with van der Waals surface area (Å²) in [6.07, 6.45) is 3.37. The Morgan fingerprint density at radius 2 is 1.77 bits per heavy atom. The maximum atomic E-state index is 13.0. The third kappa shape index (κ3) is 6.97. The lowest BCUT2D eigenvalue weighted by Crippen LogP contribution is -2.37. The minimum absolute atomic E-state index is 0.00153. The predicted octanol–water partition coefficient (Wildman–Crippen LogP) is 5.11. The summed E-state index contributed by atoms with van der Waals surface area (Å²) >= 11 is 0. The molecule has 186 valence electrons. The van der Waals surface area contributed by atoms with Gasteiger partial charge in [-0.2, -0.15) is 0 Å². The minimum atomic E-state index is -0.00153. The van der Waals surface area contributed by atoms with Gasteiger partial charge in [0.15, 0.2) is 0 Å².